The molecule has 0 heterocycles. The summed E-state index contributed by atoms with van der Waals surface area (Å²) in [5, 5.41) is 0. The van der Waals surface area contributed by atoms with Gasteiger partial charge in [0.05, 0.1) is 0 Å². The molecule has 2 aliphatic rings. The number of allylic oxidation sites excluding steroid dienone is 8. The standard InChI is InChI=1S/C8H11.C5H5.CH2.2ClH.Zr/c1-6-4-5-7(2)8(6)3;1-2-4-5-3-1;;;;/h4H2,1-3H3;1-3H,4H2;1H2;2*1H;. The molecule has 0 amide bonds. The molecule has 0 nitrogen and oxygen atoms in total. The average Bonchev–Trinajstić information content (AvgIpc) is 2.82. The average molecular weight is 350 g/mol. The van der Waals surface area contributed by atoms with E-state index >= 15 is 0 Å². The Labute approximate surface area is 125 Å². The van der Waals surface area contributed by atoms with Crippen LogP contribution in [0.1, 0.15) is 33.6 Å². The van der Waals surface area contributed by atoms with E-state index in [1.807, 2.05) is 0 Å². The predicted molar refractivity (Wildman–Crippen MR) is 79.1 cm³/mol. The second-order valence-electron chi connectivity index (χ2n) is 4.49. The third-order valence-electron chi connectivity index (χ3n) is 3.62. The summed E-state index contributed by atoms with van der Waals surface area (Å²) in [6.45, 7) is 6.81. The molecular weight excluding hydrogens is 330 g/mol. The van der Waals surface area contributed by atoms with Crippen molar-refractivity contribution < 1.29 is 21.3 Å². The molecule has 0 spiro atoms. The Morgan fingerprint density at radius 3 is 2.18 bits per heavy atom. The first-order valence-corrected chi connectivity index (χ1v) is 9.72. The van der Waals surface area contributed by atoms with Crippen molar-refractivity contribution in [1.29, 1.82) is 0 Å². The van der Waals surface area contributed by atoms with Crippen LogP contribution in [0.5, 0.6) is 0 Å². The first kappa shape index (κ1) is 17.3. The van der Waals surface area contributed by atoms with Gasteiger partial charge in [0, 0.05) is 0 Å². The Bertz CT molecular complexity index is 451. The molecule has 0 aromatic heterocycles. The van der Waals surface area contributed by atoms with E-state index in [1.165, 1.54) is 18.4 Å². The summed E-state index contributed by atoms with van der Waals surface area (Å²) >= 11 is -1.65. The summed E-state index contributed by atoms with van der Waals surface area (Å²) in [5.41, 5.74) is 4.65. The second kappa shape index (κ2) is 7.02. The Kier molecular flexibility index (Phi) is 7.14. The fourth-order valence-corrected chi connectivity index (χ4v) is 7.60. The summed E-state index contributed by atoms with van der Waals surface area (Å²) in [7, 11) is 0. The molecule has 94 valence electrons. The zero-order valence-electron chi connectivity index (χ0n) is 10.7. The normalized spacial score (nSPS) is 17.9. The summed E-state index contributed by atoms with van der Waals surface area (Å²) in [4.78, 5) is 0. The molecule has 0 radical (unpaired) electrons. The number of hydrogen-bond donors (Lipinski definition) is 0. The van der Waals surface area contributed by atoms with Gasteiger partial charge in [-0.1, -0.05) is 0 Å². The Morgan fingerprint density at radius 2 is 1.76 bits per heavy atom. The van der Waals surface area contributed by atoms with Crippen molar-refractivity contribution >= 4 is 29.0 Å². The quantitative estimate of drug-likeness (QED) is 0.675. The van der Waals surface area contributed by atoms with E-state index in [4.69, 9.17) is 0 Å². The molecule has 17 heavy (non-hydrogen) atoms. The monoisotopic (exact) mass is 348 g/mol. The Morgan fingerprint density at radius 1 is 1.12 bits per heavy atom. The number of rotatable bonds is 2. The molecule has 0 unspecified atom stereocenters. The van der Waals surface area contributed by atoms with Crippen LogP contribution in [0.25, 0.3) is 0 Å². The van der Waals surface area contributed by atoms with Crippen molar-refractivity contribution in [3.8, 4) is 0 Å². The zero-order chi connectivity index (χ0) is 11.0. The van der Waals surface area contributed by atoms with Crippen molar-refractivity contribution in [3.63, 3.8) is 0 Å². The summed E-state index contributed by atoms with van der Waals surface area (Å²) in [5.74, 6) is 0. The topological polar surface area (TPSA) is 0 Å². The van der Waals surface area contributed by atoms with Crippen molar-refractivity contribution in [3.05, 3.63) is 41.5 Å². The van der Waals surface area contributed by atoms with Gasteiger partial charge < -0.3 is 0 Å². The van der Waals surface area contributed by atoms with E-state index < -0.39 is 21.3 Å². The van der Waals surface area contributed by atoms with Crippen molar-refractivity contribution in [2.75, 3.05) is 0 Å². The van der Waals surface area contributed by atoms with Gasteiger partial charge >= 0.3 is 101 Å². The van der Waals surface area contributed by atoms with Crippen molar-refractivity contribution in [1.82, 2.24) is 0 Å². The maximum absolute atomic E-state index is 4.53. The van der Waals surface area contributed by atoms with Gasteiger partial charge in [-0.05, 0) is 0 Å². The van der Waals surface area contributed by atoms with Gasteiger partial charge in [-0.15, -0.1) is 24.8 Å². The van der Waals surface area contributed by atoms with E-state index in [0.717, 1.165) is 0 Å². The van der Waals surface area contributed by atoms with Crippen molar-refractivity contribution in [2.45, 2.75) is 33.6 Å². The summed E-state index contributed by atoms with van der Waals surface area (Å²) < 4.78 is 7.91. The van der Waals surface area contributed by atoms with Gasteiger partial charge in [0.1, 0.15) is 0 Å². The first-order valence-electron chi connectivity index (χ1n) is 5.53. The summed E-state index contributed by atoms with van der Waals surface area (Å²) in [6, 6.07) is 0. The van der Waals surface area contributed by atoms with Crippen LogP contribution in [0.3, 0.4) is 0 Å². The van der Waals surface area contributed by atoms with E-state index in [-0.39, 0.29) is 24.8 Å². The van der Waals surface area contributed by atoms with E-state index in [1.54, 1.807) is 17.7 Å². The number of halogens is 2. The van der Waals surface area contributed by atoms with Crippen LogP contribution in [0.2, 0.25) is 0 Å². The molecule has 0 aromatic rings. The molecule has 0 bridgehead atoms. The Balaban J connectivity index is 0.00000128. The second-order valence-corrected chi connectivity index (χ2v) is 9.90. The van der Waals surface area contributed by atoms with Gasteiger partial charge in [0.25, 0.3) is 0 Å². The van der Waals surface area contributed by atoms with Crippen LogP contribution in [0, 0.1) is 0 Å². The van der Waals surface area contributed by atoms with E-state index in [0.29, 0.717) is 0 Å². The minimum atomic E-state index is -1.65. The van der Waals surface area contributed by atoms with Crippen LogP contribution in [-0.4, -0.2) is 4.21 Å². The maximum atomic E-state index is 4.53. The SMILES string of the molecule is Cl.Cl.[CH2]=[Zr]([C]1=CC=CC1)[C]1=C(C)C(C)=C(C)C1. The van der Waals surface area contributed by atoms with Gasteiger partial charge in [0.2, 0.25) is 0 Å². The molecule has 0 fully saturated rings. The van der Waals surface area contributed by atoms with Gasteiger partial charge in [-0.25, -0.2) is 0 Å². The first-order chi connectivity index (χ1) is 7.11. The van der Waals surface area contributed by atoms with E-state index in [9.17, 15) is 0 Å². The molecule has 0 aliphatic heterocycles. The molecule has 2 aliphatic carbocycles. The predicted octanol–water partition coefficient (Wildman–Crippen LogP) is 4.74. The fourth-order valence-electron chi connectivity index (χ4n) is 2.27. The van der Waals surface area contributed by atoms with E-state index in [2.05, 4.69) is 43.2 Å². The Hall–Kier alpha value is 0.293. The molecular formula is C14H20Cl2Zr. The molecule has 3 heteroatoms. The van der Waals surface area contributed by atoms with Crippen LogP contribution in [0.4, 0.5) is 0 Å². The van der Waals surface area contributed by atoms with Gasteiger partial charge in [0.15, 0.2) is 0 Å². The van der Waals surface area contributed by atoms with Crippen LogP contribution < -0.4 is 0 Å². The third-order valence-corrected chi connectivity index (χ3v) is 9.58. The molecule has 0 aromatic carbocycles. The van der Waals surface area contributed by atoms with Crippen LogP contribution in [-0.2, 0) is 21.3 Å². The molecule has 0 atom stereocenters. The molecule has 0 saturated carbocycles. The van der Waals surface area contributed by atoms with Crippen molar-refractivity contribution in [2.24, 2.45) is 0 Å². The van der Waals surface area contributed by atoms with Crippen LogP contribution in [0.15, 0.2) is 41.5 Å². The number of hydrogen-bond acceptors (Lipinski definition) is 0. The zero-order valence-corrected chi connectivity index (χ0v) is 14.8. The molecule has 0 N–H and O–H groups in total. The molecule has 2 rings (SSSR count). The molecule has 0 saturated heterocycles. The minimum absolute atomic E-state index is 0. The van der Waals surface area contributed by atoms with Gasteiger partial charge in [-0.2, -0.15) is 0 Å². The van der Waals surface area contributed by atoms with Crippen LogP contribution >= 0.6 is 24.8 Å². The fraction of sp³-hybridized carbons (Fsp3) is 0.357. The summed E-state index contributed by atoms with van der Waals surface area (Å²) in [6.07, 6.45) is 9.16. The third kappa shape index (κ3) is 3.40. The van der Waals surface area contributed by atoms with Gasteiger partial charge in [-0.3, -0.25) is 0 Å².